The summed E-state index contributed by atoms with van der Waals surface area (Å²) in [6.45, 7) is 14.2. The first-order chi connectivity index (χ1) is 36.9. The molecule has 13 N–H and O–H groups in total. The molecule has 2 aliphatic heterocycles. The second-order valence-electron chi connectivity index (χ2n) is 20.1. The second-order valence-corrected chi connectivity index (χ2v) is 22.6. The van der Waals surface area contributed by atoms with Crippen molar-refractivity contribution in [1.29, 1.82) is 0 Å². The molecule has 442 valence electrons. The summed E-state index contributed by atoms with van der Waals surface area (Å²) < 4.78 is 5.33. The Balaban J connectivity index is 2.28. The average molecular weight is 1140 g/mol. The van der Waals surface area contributed by atoms with Crippen LogP contribution in [0.3, 0.4) is 0 Å². The van der Waals surface area contributed by atoms with Crippen LogP contribution in [-0.2, 0) is 62.3 Å². The molecule has 8 unspecified atom stereocenters. The molecule has 0 radical (unpaired) electrons. The lowest BCUT2D eigenvalue weighted by molar-refractivity contribution is -0.142. The summed E-state index contributed by atoms with van der Waals surface area (Å²) in [5.41, 5.74) is 11.0. The van der Waals surface area contributed by atoms with Crippen molar-refractivity contribution >= 4 is 92.5 Å². The van der Waals surface area contributed by atoms with Gasteiger partial charge in [-0.05, 0) is 76.0 Å². The van der Waals surface area contributed by atoms with E-state index in [4.69, 9.17) is 16.2 Å². The van der Waals surface area contributed by atoms with Crippen LogP contribution in [0.5, 0.6) is 0 Å². The van der Waals surface area contributed by atoms with E-state index in [0.29, 0.717) is 77.6 Å². The molecule has 0 spiro atoms. The average Bonchev–Trinajstić information content (AvgIpc) is 4.07. The number of carbonyl (C=O) groups excluding carboxylic acids is 12. The molecule has 2 aliphatic rings. The van der Waals surface area contributed by atoms with E-state index in [9.17, 15) is 57.5 Å². The zero-order chi connectivity index (χ0) is 58.5. The number of rotatable bonds is 36. The molecule has 2 saturated heterocycles. The summed E-state index contributed by atoms with van der Waals surface area (Å²) in [6, 6.07) is -8.54. The van der Waals surface area contributed by atoms with E-state index in [1.165, 1.54) is 37.5 Å². The van der Waals surface area contributed by atoms with E-state index < -0.39 is 107 Å². The van der Waals surface area contributed by atoms with Crippen LogP contribution in [0.1, 0.15) is 120 Å². The van der Waals surface area contributed by atoms with E-state index >= 15 is 0 Å². The summed E-state index contributed by atoms with van der Waals surface area (Å²) in [5, 5.41) is 24.4. The van der Waals surface area contributed by atoms with Gasteiger partial charge in [0.25, 0.3) is 0 Å². The van der Waals surface area contributed by atoms with Crippen molar-refractivity contribution in [2.75, 3.05) is 64.0 Å². The molecule has 28 heteroatoms. The molecule has 2 heterocycles. The molecule has 12 amide bonds. The van der Waals surface area contributed by atoms with Gasteiger partial charge in [0.1, 0.15) is 48.3 Å². The minimum atomic E-state index is -1.21. The highest BCUT2D eigenvalue weighted by atomic mass is 33.1. The molecule has 2 rings (SSSR count). The van der Waals surface area contributed by atoms with Gasteiger partial charge in [0, 0.05) is 78.5 Å². The van der Waals surface area contributed by atoms with Crippen LogP contribution in [0.4, 0.5) is 0 Å². The van der Waals surface area contributed by atoms with Crippen molar-refractivity contribution < 1.29 is 62.3 Å². The Morgan fingerprint density at radius 3 is 1.31 bits per heavy atom. The zero-order valence-electron chi connectivity index (χ0n) is 46.6. The third kappa shape index (κ3) is 24.9. The quantitative estimate of drug-likeness (QED) is 0.0234. The summed E-state index contributed by atoms with van der Waals surface area (Å²) in [4.78, 5) is 160. The number of nitrogens with one attached hydrogen (secondary N) is 9. The predicted octanol–water partition coefficient (Wildman–Crippen LogP) is -2.20. The van der Waals surface area contributed by atoms with E-state index in [-0.39, 0.29) is 74.2 Å². The maximum atomic E-state index is 14.4. The zero-order valence-corrected chi connectivity index (χ0v) is 48.2. The fraction of sp³-hybridized carbons (Fsp3) is 0.760. The number of carbonyl (C=O) groups is 12. The smallest absolute Gasteiger partial charge is 0.245 e. The minimum absolute atomic E-state index is 0.0806. The highest BCUT2D eigenvalue weighted by Gasteiger charge is 2.41. The molecule has 0 saturated carbocycles. The Hall–Kier alpha value is -5.74. The highest BCUT2D eigenvalue weighted by molar-refractivity contribution is 8.76. The number of nitrogens with two attached hydrogens (primary N) is 2. The lowest BCUT2D eigenvalue weighted by Crippen LogP contribution is -2.58. The molecular formula is C50H87N13O13S2. The number of hydrogen-bond donors (Lipinski definition) is 11. The number of amides is 12. The third-order valence-corrected chi connectivity index (χ3v) is 15.2. The van der Waals surface area contributed by atoms with Gasteiger partial charge in [-0.1, -0.05) is 49.3 Å². The molecule has 0 aliphatic carbocycles. The Bertz CT molecular complexity index is 2050. The normalized spacial score (nSPS) is 17.4. The van der Waals surface area contributed by atoms with Gasteiger partial charge in [0.2, 0.25) is 70.9 Å². The van der Waals surface area contributed by atoms with Gasteiger partial charge in [-0.15, -0.1) is 0 Å². The van der Waals surface area contributed by atoms with Gasteiger partial charge in [0.15, 0.2) is 0 Å². The number of nitrogens with zero attached hydrogens (tertiary/aromatic N) is 2. The van der Waals surface area contributed by atoms with Crippen LogP contribution < -0.4 is 59.3 Å². The Kier molecular flexibility index (Phi) is 31.9. The number of unbranched alkanes of at least 4 members (excludes halogenated alkanes) is 2. The van der Waals surface area contributed by atoms with Crippen molar-refractivity contribution in [3.63, 3.8) is 0 Å². The Morgan fingerprint density at radius 1 is 0.513 bits per heavy atom. The van der Waals surface area contributed by atoms with Crippen LogP contribution in [-0.4, -0.2) is 193 Å². The van der Waals surface area contributed by atoms with Gasteiger partial charge in [-0.3, -0.25) is 57.5 Å². The van der Waals surface area contributed by atoms with Crippen LogP contribution in [0.15, 0.2) is 0 Å². The van der Waals surface area contributed by atoms with E-state index in [0.717, 1.165) is 21.6 Å². The van der Waals surface area contributed by atoms with Crippen LogP contribution in [0.2, 0.25) is 0 Å². The lowest BCUT2D eigenvalue weighted by Gasteiger charge is -2.31. The first kappa shape index (κ1) is 68.4. The van der Waals surface area contributed by atoms with E-state index in [1.54, 1.807) is 27.7 Å². The SMILES string of the molecule is CC(=O)NCCCCC(NC(=O)C(CSSCC(NC(C)=O)C(=O)NC(CCCCNC(C)=O)C(=O)N1CCCC1C(=O)NC(C(=O)NCCOCCN)C(C)C)NC(C)=O)C(=O)N1CCCC1C(=O)NC(C(N)=O)C(C)C. The van der Waals surface area contributed by atoms with Crippen molar-refractivity contribution in [1.82, 2.24) is 57.7 Å². The van der Waals surface area contributed by atoms with Crippen LogP contribution >= 0.6 is 21.6 Å². The Morgan fingerprint density at radius 2 is 0.936 bits per heavy atom. The monoisotopic (exact) mass is 1140 g/mol. The van der Waals surface area contributed by atoms with Crippen molar-refractivity contribution in [3.05, 3.63) is 0 Å². The van der Waals surface area contributed by atoms with Gasteiger partial charge >= 0.3 is 0 Å². The van der Waals surface area contributed by atoms with Crippen LogP contribution in [0, 0.1) is 11.8 Å². The largest absolute Gasteiger partial charge is 0.378 e. The van der Waals surface area contributed by atoms with E-state index in [1.807, 2.05) is 0 Å². The molecule has 0 aromatic heterocycles. The maximum Gasteiger partial charge on any atom is 0.245 e. The molecule has 0 aromatic carbocycles. The molecule has 2 fully saturated rings. The van der Waals surface area contributed by atoms with Gasteiger partial charge < -0.3 is 73.9 Å². The molecule has 8 atom stereocenters. The molecule has 26 nitrogen and oxygen atoms in total. The molecule has 78 heavy (non-hydrogen) atoms. The highest BCUT2D eigenvalue weighted by Crippen LogP contribution is 2.25. The van der Waals surface area contributed by atoms with E-state index in [2.05, 4.69) is 47.9 Å². The fourth-order valence-corrected chi connectivity index (χ4v) is 11.1. The number of likely N-dealkylation sites (tertiary alicyclic amines) is 2. The summed E-state index contributed by atoms with van der Waals surface area (Å²) in [5.74, 6) is -7.18. The minimum Gasteiger partial charge on any atom is -0.378 e. The lowest BCUT2D eigenvalue weighted by atomic mass is 10.0. The second kappa shape index (κ2) is 36.4. The van der Waals surface area contributed by atoms with Crippen molar-refractivity contribution in [3.8, 4) is 0 Å². The van der Waals surface area contributed by atoms with Crippen LogP contribution in [0.25, 0.3) is 0 Å². The standard InChI is InChI=1S/C50H87N13O13S2/c1-29(2)41(43(52)68)60-46(71)39-17-13-23-62(39)49(74)35(15-9-11-20-53-31(5)64)58-44(69)37(56-33(7)66)27-77-78-28-38(57-34(8)67)45(70)59-36(16-10-12-21-54-32(6)65)50(75)63-24-14-18-40(63)47(72)61-42(30(3)4)48(73)55-22-26-76-25-19-51/h29-30,35-42H,9-28,51H2,1-8H3,(H2,52,68)(H,53,64)(H,54,65)(H,55,73)(H,56,66)(H,57,67)(H,58,69)(H,59,70)(H,60,71)(H,61,72). The first-order valence-corrected chi connectivity index (χ1v) is 29.3. The first-order valence-electron chi connectivity index (χ1n) is 26.8. The maximum absolute atomic E-state index is 14.4. The van der Waals surface area contributed by atoms with Gasteiger partial charge in [-0.2, -0.15) is 0 Å². The van der Waals surface area contributed by atoms with Crippen molar-refractivity contribution in [2.24, 2.45) is 23.3 Å². The molecule has 0 bridgehead atoms. The molecule has 0 aromatic rings. The third-order valence-electron chi connectivity index (χ3n) is 12.8. The Labute approximate surface area is 465 Å². The molecular weight excluding hydrogens is 1050 g/mol. The fourth-order valence-electron chi connectivity index (χ4n) is 8.77. The summed E-state index contributed by atoms with van der Waals surface area (Å²) in [6.07, 6.45) is 3.43. The topological polar surface area (TPSA) is 381 Å². The van der Waals surface area contributed by atoms with Gasteiger partial charge in [0.05, 0.1) is 13.2 Å². The number of hydrogen-bond acceptors (Lipinski definition) is 16. The van der Waals surface area contributed by atoms with Gasteiger partial charge in [-0.25, -0.2) is 0 Å². The summed E-state index contributed by atoms with van der Waals surface area (Å²) >= 11 is 0. The summed E-state index contributed by atoms with van der Waals surface area (Å²) in [7, 11) is 2.17. The predicted molar refractivity (Wildman–Crippen MR) is 294 cm³/mol. The number of ether oxygens (including phenoxy) is 1. The van der Waals surface area contributed by atoms with Crippen molar-refractivity contribution in [2.45, 2.75) is 168 Å². The number of primary amides is 1.